The molecule has 0 aliphatic rings. The van der Waals surface area contributed by atoms with Crippen LogP contribution < -0.4 is 4.72 Å². The van der Waals surface area contributed by atoms with Gasteiger partial charge in [-0.15, -0.1) is 0 Å². The van der Waals surface area contributed by atoms with Gasteiger partial charge in [0.1, 0.15) is 0 Å². The second-order valence-corrected chi connectivity index (χ2v) is 6.04. The number of sulfonamides is 1. The van der Waals surface area contributed by atoms with Crippen molar-refractivity contribution in [3.63, 3.8) is 0 Å². The van der Waals surface area contributed by atoms with Crippen LogP contribution in [0.3, 0.4) is 0 Å². The molecule has 0 saturated heterocycles. The van der Waals surface area contributed by atoms with Crippen molar-refractivity contribution in [1.82, 2.24) is 4.72 Å². The van der Waals surface area contributed by atoms with Crippen molar-refractivity contribution in [1.29, 1.82) is 0 Å². The van der Waals surface area contributed by atoms with Crippen molar-refractivity contribution in [3.8, 4) is 0 Å². The largest absolute Gasteiger partial charge is 0.479 e. The number of carboxylic acid groups (broad SMARTS) is 1. The first-order valence-corrected chi connectivity index (χ1v) is 6.85. The third-order valence-electron chi connectivity index (χ3n) is 2.49. The quantitative estimate of drug-likeness (QED) is 0.487. The second-order valence-electron chi connectivity index (χ2n) is 4.27. The number of nitro groups is 1. The first kappa shape index (κ1) is 16.9. The van der Waals surface area contributed by atoms with Crippen molar-refractivity contribution >= 4 is 21.7 Å². The third-order valence-corrected chi connectivity index (χ3v) is 3.89. The third kappa shape index (κ3) is 3.93. The highest BCUT2D eigenvalue weighted by molar-refractivity contribution is 7.89. The number of hydrogen-bond donors (Lipinski definition) is 3. The molecule has 21 heavy (non-hydrogen) atoms. The molecular formula is C10H11FN2O7S. The molecule has 0 radical (unpaired) electrons. The summed E-state index contributed by atoms with van der Waals surface area (Å²) in [5.74, 6) is -3.01. The van der Waals surface area contributed by atoms with Crippen molar-refractivity contribution in [2.75, 3.05) is 6.54 Å². The van der Waals surface area contributed by atoms with Gasteiger partial charge in [0.05, 0.1) is 16.4 Å². The Hall–Kier alpha value is -2.11. The first-order chi connectivity index (χ1) is 9.47. The number of nitro benzene ring substituents is 1. The van der Waals surface area contributed by atoms with E-state index in [0.29, 0.717) is 12.1 Å². The summed E-state index contributed by atoms with van der Waals surface area (Å²) in [4.78, 5) is 19.4. The van der Waals surface area contributed by atoms with E-state index in [1.807, 2.05) is 0 Å². The smallest absolute Gasteiger partial charge is 0.336 e. The van der Waals surface area contributed by atoms with Crippen molar-refractivity contribution in [2.45, 2.75) is 17.4 Å². The summed E-state index contributed by atoms with van der Waals surface area (Å²) < 4.78 is 38.7. The molecule has 0 heterocycles. The molecule has 0 spiro atoms. The lowest BCUT2D eigenvalue weighted by atomic mass is 10.1. The number of carbonyl (C=O) groups is 1. The van der Waals surface area contributed by atoms with Gasteiger partial charge in [0, 0.05) is 12.1 Å². The lowest BCUT2D eigenvalue weighted by Crippen LogP contribution is -2.46. The molecule has 0 aromatic heterocycles. The number of carboxylic acids is 1. The zero-order chi connectivity index (χ0) is 16.4. The molecule has 0 bridgehead atoms. The molecule has 1 unspecified atom stereocenters. The molecule has 0 aliphatic carbocycles. The molecule has 0 saturated carbocycles. The minimum absolute atomic E-state index is 0.427. The fraction of sp³-hybridized carbons (Fsp3) is 0.300. The number of nitrogens with zero attached hydrogens (tertiary/aromatic N) is 1. The zero-order valence-corrected chi connectivity index (χ0v) is 11.4. The SMILES string of the molecule is CC(O)(CNS(=O)(=O)c1ccc([N+](=O)[O-])c(F)c1)C(=O)O. The predicted molar refractivity (Wildman–Crippen MR) is 66.5 cm³/mol. The summed E-state index contributed by atoms with van der Waals surface area (Å²) in [5.41, 5.74) is -3.25. The normalized spacial score (nSPS) is 14.4. The topological polar surface area (TPSA) is 147 Å². The lowest BCUT2D eigenvalue weighted by molar-refractivity contribution is -0.387. The molecular weight excluding hydrogens is 311 g/mol. The van der Waals surface area contributed by atoms with Gasteiger partial charge in [-0.2, -0.15) is 4.39 Å². The number of hydrogen-bond acceptors (Lipinski definition) is 6. The van der Waals surface area contributed by atoms with E-state index in [-0.39, 0.29) is 0 Å². The van der Waals surface area contributed by atoms with E-state index in [0.717, 1.165) is 13.0 Å². The Labute approximate surface area is 118 Å². The van der Waals surface area contributed by atoms with Crippen LogP contribution in [0.5, 0.6) is 0 Å². The summed E-state index contributed by atoms with van der Waals surface area (Å²) in [6.45, 7) is 0.0115. The van der Waals surface area contributed by atoms with Gasteiger partial charge in [0.2, 0.25) is 15.8 Å². The van der Waals surface area contributed by atoms with Crippen LogP contribution in [0, 0.1) is 15.9 Å². The summed E-state index contributed by atoms with van der Waals surface area (Å²) in [6, 6.07) is 1.88. The number of rotatable bonds is 6. The van der Waals surface area contributed by atoms with E-state index in [4.69, 9.17) is 5.11 Å². The molecule has 0 aliphatic heterocycles. The summed E-state index contributed by atoms with van der Waals surface area (Å²) in [7, 11) is -4.33. The van der Waals surface area contributed by atoms with Crippen LogP contribution >= 0.6 is 0 Å². The van der Waals surface area contributed by atoms with Gasteiger partial charge < -0.3 is 10.2 Å². The van der Waals surface area contributed by atoms with Crippen LogP contribution in [-0.4, -0.2) is 41.7 Å². The van der Waals surface area contributed by atoms with Gasteiger partial charge in [0.15, 0.2) is 5.60 Å². The van der Waals surface area contributed by atoms with Crippen LogP contribution in [0.1, 0.15) is 6.92 Å². The fourth-order valence-corrected chi connectivity index (χ4v) is 2.34. The molecule has 1 aromatic carbocycles. The van der Waals surface area contributed by atoms with Gasteiger partial charge in [-0.1, -0.05) is 0 Å². The van der Waals surface area contributed by atoms with E-state index in [9.17, 15) is 32.8 Å². The Kier molecular flexibility index (Phi) is 4.61. The molecule has 11 heteroatoms. The maximum Gasteiger partial charge on any atom is 0.336 e. The Balaban J connectivity index is 3.02. The number of benzene rings is 1. The molecule has 1 rings (SSSR count). The molecule has 1 aromatic rings. The number of aliphatic hydroxyl groups is 1. The maximum absolute atomic E-state index is 13.4. The minimum atomic E-state index is -4.33. The van der Waals surface area contributed by atoms with E-state index in [1.165, 1.54) is 0 Å². The number of aliphatic carboxylic acids is 1. The van der Waals surface area contributed by atoms with Gasteiger partial charge in [-0.25, -0.2) is 17.9 Å². The fourth-order valence-electron chi connectivity index (χ4n) is 1.20. The highest BCUT2D eigenvalue weighted by Gasteiger charge is 2.32. The van der Waals surface area contributed by atoms with Crippen LogP contribution in [0.4, 0.5) is 10.1 Å². The lowest BCUT2D eigenvalue weighted by Gasteiger charge is -2.18. The van der Waals surface area contributed by atoms with Crippen LogP contribution in [0.15, 0.2) is 23.1 Å². The molecule has 0 amide bonds. The van der Waals surface area contributed by atoms with Gasteiger partial charge >= 0.3 is 11.7 Å². The van der Waals surface area contributed by atoms with Gasteiger partial charge in [-0.05, 0) is 13.0 Å². The monoisotopic (exact) mass is 322 g/mol. The van der Waals surface area contributed by atoms with E-state index in [1.54, 1.807) is 4.72 Å². The summed E-state index contributed by atoms with van der Waals surface area (Å²) in [6.07, 6.45) is 0. The van der Waals surface area contributed by atoms with Crippen molar-refractivity contribution in [2.24, 2.45) is 0 Å². The first-order valence-electron chi connectivity index (χ1n) is 5.37. The summed E-state index contributed by atoms with van der Waals surface area (Å²) >= 11 is 0. The van der Waals surface area contributed by atoms with Crippen LogP contribution in [0.2, 0.25) is 0 Å². The average Bonchev–Trinajstić information content (AvgIpc) is 2.36. The van der Waals surface area contributed by atoms with E-state index >= 15 is 0 Å². The Morgan fingerprint density at radius 3 is 2.52 bits per heavy atom. The standard InChI is InChI=1S/C10H11FN2O7S/c1-10(16,9(14)15)5-12-21(19,20)6-2-3-8(13(17)18)7(11)4-6/h2-4,12,16H,5H2,1H3,(H,14,15). The Bertz CT molecular complexity index is 687. The summed E-state index contributed by atoms with van der Waals surface area (Å²) in [5, 5.41) is 28.4. The van der Waals surface area contributed by atoms with Crippen LogP contribution in [-0.2, 0) is 14.8 Å². The highest BCUT2D eigenvalue weighted by atomic mass is 32.2. The predicted octanol–water partition coefficient (Wildman–Crippen LogP) is -0.152. The molecule has 0 fully saturated rings. The maximum atomic E-state index is 13.4. The minimum Gasteiger partial charge on any atom is -0.479 e. The van der Waals surface area contributed by atoms with Crippen molar-refractivity contribution < 1.29 is 32.7 Å². The highest BCUT2D eigenvalue weighted by Crippen LogP contribution is 2.20. The van der Waals surface area contributed by atoms with Crippen LogP contribution in [0.25, 0.3) is 0 Å². The second kappa shape index (κ2) is 5.71. The van der Waals surface area contributed by atoms with E-state index < -0.39 is 49.5 Å². The number of halogens is 1. The zero-order valence-electron chi connectivity index (χ0n) is 10.6. The molecule has 116 valence electrons. The Morgan fingerprint density at radius 1 is 1.52 bits per heavy atom. The molecule has 3 N–H and O–H groups in total. The van der Waals surface area contributed by atoms with Gasteiger partial charge in [0.25, 0.3) is 0 Å². The number of nitrogens with one attached hydrogen (secondary N) is 1. The van der Waals surface area contributed by atoms with E-state index in [2.05, 4.69) is 0 Å². The van der Waals surface area contributed by atoms with Crippen molar-refractivity contribution in [3.05, 3.63) is 34.1 Å². The molecule has 9 nitrogen and oxygen atoms in total. The molecule has 1 atom stereocenters. The average molecular weight is 322 g/mol. The Morgan fingerprint density at radius 2 is 2.10 bits per heavy atom. The van der Waals surface area contributed by atoms with Gasteiger partial charge in [-0.3, -0.25) is 10.1 Å².